The molecule has 1 amide bonds. The zero-order valence-electron chi connectivity index (χ0n) is 11.1. The van der Waals surface area contributed by atoms with E-state index in [4.69, 9.17) is 10.5 Å². The largest absolute Gasteiger partial charge is 0.398 e. The van der Waals surface area contributed by atoms with Crippen molar-refractivity contribution in [1.82, 2.24) is 4.90 Å². The zero-order chi connectivity index (χ0) is 13.3. The number of nitrogens with two attached hydrogens (primary N) is 1. The van der Waals surface area contributed by atoms with Crippen molar-refractivity contribution in [3.63, 3.8) is 0 Å². The monoisotopic (exact) mass is 248 g/mol. The molecule has 1 saturated heterocycles. The van der Waals surface area contributed by atoms with Gasteiger partial charge in [-0.1, -0.05) is 6.07 Å². The van der Waals surface area contributed by atoms with Crippen molar-refractivity contribution in [2.24, 2.45) is 0 Å². The van der Waals surface area contributed by atoms with Gasteiger partial charge in [-0.25, -0.2) is 0 Å². The number of hydrogen-bond acceptors (Lipinski definition) is 3. The molecular weight excluding hydrogens is 228 g/mol. The second-order valence-corrected chi connectivity index (χ2v) is 4.99. The number of hydrogen-bond donors (Lipinski definition) is 1. The molecule has 0 bridgehead atoms. The lowest BCUT2D eigenvalue weighted by Crippen LogP contribution is -2.48. The Balaban J connectivity index is 2.23. The van der Waals surface area contributed by atoms with E-state index in [1.54, 1.807) is 0 Å². The Morgan fingerprint density at radius 3 is 2.56 bits per heavy atom. The summed E-state index contributed by atoms with van der Waals surface area (Å²) in [6.07, 6.45) is 0.165. The lowest BCUT2D eigenvalue weighted by Gasteiger charge is -2.35. The maximum absolute atomic E-state index is 12.5. The van der Waals surface area contributed by atoms with Gasteiger partial charge in [-0.15, -0.1) is 0 Å². The number of carbonyl (C=O) groups is 1. The quantitative estimate of drug-likeness (QED) is 0.771. The summed E-state index contributed by atoms with van der Waals surface area (Å²) in [7, 11) is 0. The Morgan fingerprint density at radius 1 is 1.33 bits per heavy atom. The fourth-order valence-electron chi connectivity index (χ4n) is 2.40. The van der Waals surface area contributed by atoms with Gasteiger partial charge in [-0.3, -0.25) is 4.79 Å². The maximum Gasteiger partial charge on any atom is 0.254 e. The van der Waals surface area contributed by atoms with Crippen LogP contribution in [-0.2, 0) is 4.74 Å². The average Bonchev–Trinajstić information content (AvgIpc) is 2.30. The van der Waals surface area contributed by atoms with Crippen LogP contribution < -0.4 is 5.73 Å². The van der Waals surface area contributed by atoms with Crippen LogP contribution in [0, 0.1) is 6.92 Å². The van der Waals surface area contributed by atoms with Gasteiger partial charge < -0.3 is 15.4 Å². The van der Waals surface area contributed by atoms with E-state index in [0.717, 1.165) is 5.56 Å². The molecule has 2 rings (SSSR count). The third-order valence-corrected chi connectivity index (χ3v) is 3.31. The van der Waals surface area contributed by atoms with Crippen LogP contribution in [-0.4, -0.2) is 36.1 Å². The summed E-state index contributed by atoms with van der Waals surface area (Å²) in [5.41, 5.74) is 8.06. The van der Waals surface area contributed by atoms with Gasteiger partial charge in [0.15, 0.2) is 0 Å². The van der Waals surface area contributed by atoms with Crippen molar-refractivity contribution in [3.8, 4) is 0 Å². The van der Waals surface area contributed by atoms with Crippen LogP contribution >= 0.6 is 0 Å². The third-order valence-electron chi connectivity index (χ3n) is 3.31. The van der Waals surface area contributed by atoms with E-state index in [1.165, 1.54) is 0 Å². The molecule has 1 fully saturated rings. The van der Waals surface area contributed by atoms with E-state index >= 15 is 0 Å². The van der Waals surface area contributed by atoms with Crippen molar-refractivity contribution >= 4 is 11.6 Å². The van der Waals surface area contributed by atoms with Gasteiger partial charge in [0.1, 0.15) is 0 Å². The van der Waals surface area contributed by atoms with Crippen LogP contribution in [0.25, 0.3) is 0 Å². The molecule has 0 radical (unpaired) electrons. The van der Waals surface area contributed by atoms with E-state index in [2.05, 4.69) is 0 Å². The molecule has 2 N–H and O–H groups in total. The van der Waals surface area contributed by atoms with Gasteiger partial charge in [-0.2, -0.15) is 0 Å². The summed E-state index contributed by atoms with van der Waals surface area (Å²) < 4.78 is 5.64. The first-order valence-corrected chi connectivity index (χ1v) is 6.29. The average molecular weight is 248 g/mol. The molecule has 18 heavy (non-hydrogen) atoms. The lowest BCUT2D eigenvalue weighted by molar-refractivity contribution is -0.0586. The predicted octanol–water partition coefficient (Wildman–Crippen LogP) is 1.83. The Morgan fingerprint density at radius 2 is 1.94 bits per heavy atom. The molecule has 4 nitrogen and oxygen atoms in total. The molecule has 0 unspecified atom stereocenters. The molecule has 0 aromatic heterocycles. The first-order chi connectivity index (χ1) is 8.49. The Labute approximate surface area is 108 Å². The summed E-state index contributed by atoms with van der Waals surface area (Å²) in [6.45, 7) is 7.13. The van der Waals surface area contributed by atoms with Crippen molar-refractivity contribution in [1.29, 1.82) is 0 Å². The SMILES string of the molecule is Cc1c(N)cccc1C(=O)N1C[C@H](C)O[C@@H](C)C1. The molecule has 2 atom stereocenters. The topological polar surface area (TPSA) is 55.6 Å². The number of carbonyl (C=O) groups excluding carboxylic acids is 1. The van der Waals surface area contributed by atoms with Crippen LogP contribution in [0.2, 0.25) is 0 Å². The fourth-order valence-corrected chi connectivity index (χ4v) is 2.40. The summed E-state index contributed by atoms with van der Waals surface area (Å²) in [6, 6.07) is 5.47. The normalized spacial score (nSPS) is 24.1. The summed E-state index contributed by atoms with van der Waals surface area (Å²) in [5.74, 6) is 0.0433. The highest BCUT2D eigenvalue weighted by Gasteiger charge is 2.27. The molecule has 1 aliphatic heterocycles. The first kappa shape index (κ1) is 12.9. The molecule has 4 heteroatoms. The van der Waals surface area contributed by atoms with Gasteiger partial charge in [0.2, 0.25) is 0 Å². The molecule has 1 aliphatic rings. The van der Waals surface area contributed by atoms with Crippen molar-refractivity contribution in [2.45, 2.75) is 33.0 Å². The highest BCUT2D eigenvalue weighted by molar-refractivity contribution is 5.97. The number of amides is 1. The second-order valence-electron chi connectivity index (χ2n) is 4.99. The highest BCUT2D eigenvalue weighted by Crippen LogP contribution is 2.20. The lowest BCUT2D eigenvalue weighted by atomic mass is 10.0. The molecular formula is C14H20N2O2. The van der Waals surface area contributed by atoms with Gasteiger partial charge >= 0.3 is 0 Å². The van der Waals surface area contributed by atoms with E-state index in [9.17, 15) is 4.79 Å². The van der Waals surface area contributed by atoms with Crippen LogP contribution in [0.3, 0.4) is 0 Å². The van der Waals surface area contributed by atoms with Crippen molar-refractivity contribution in [2.75, 3.05) is 18.8 Å². The number of nitrogens with zero attached hydrogens (tertiary/aromatic N) is 1. The van der Waals surface area contributed by atoms with Crippen molar-refractivity contribution < 1.29 is 9.53 Å². The minimum absolute atomic E-state index is 0.0433. The minimum Gasteiger partial charge on any atom is -0.398 e. The third kappa shape index (κ3) is 2.48. The zero-order valence-corrected chi connectivity index (χ0v) is 11.1. The molecule has 1 aromatic carbocycles. The summed E-state index contributed by atoms with van der Waals surface area (Å²) >= 11 is 0. The Hall–Kier alpha value is -1.55. The molecule has 1 aromatic rings. The van der Waals surface area contributed by atoms with E-state index in [1.807, 2.05) is 43.9 Å². The standard InChI is InChI=1S/C14H20N2O2/c1-9-7-16(8-10(2)18-9)14(17)12-5-4-6-13(15)11(12)3/h4-6,9-10H,7-8,15H2,1-3H3/t9-,10-/m0/s1. The Bertz CT molecular complexity index is 449. The second kappa shape index (κ2) is 4.98. The smallest absolute Gasteiger partial charge is 0.254 e. The molecule has 1 heterocycles. The molecule has 0 saturated carbocycles. The summed E-state index contributed by atoms with van der Waals surface area (Å²) in [4.78, 5) is 14.3. The number of anilines is 1. The molecule has 0 aliphatic carbocycles. The van der Waals surface area contributed by atoms with Gasteiger partial charge in [-0.05, 0) is 38.5 Å². The summed E-state index contributed by atoms with van der Waals surface area (Å²) in [5, 5.41) is 0. The highest BCUT2D eigenvalue weighted by atomic mass is 16.5. The number of benzene rings is 1. The van der Waals surface area contributed by atoms with E-state index < -0.39 is 0 Å². The predicted molar refractivity (Wildman–Crippen MR) is 71.5 cm³/mol. The first-order valence-electron chi connectivity index (χ1n) is 6.29. The van der Waals surface area contributed by atoms with Crippen molar-refractivity contribution in [3.05, 3.63) is 29.3 Å². The van der Waals surface area contributed by atoms with Gasteiger partial charge in [0, 0.05) is 24.3 Å². The number of ether oxygens (including phenoxy) is 1. The van der Waals surface area contributed by atoms with E-state index in [0.29, 0.717) is 24.3 Å². The molecule has 0 spiro atoms. The number of nitrogen functional groups attached to an aromatic ring is 1. The van der Waals surface area contributed by atoms with Gasteiger partial charge in [0.25, 0.3) is 5.91 Å². The van der Waals surface area contributed by atoms with E-state index in [-0.39, 0.29) is 18.1 Å². The van der Waals surface area contributed by atoms with Crippen LogP contribution in [0.15, 0.2) is 18.2 Å². The number of rotatable bonds is 1. The minimum atomic E-state index is 0.0433. The maximum atomic E-state index is 12.5. The fraction of sp³-hybridized carbons (Fsp3) is 0.500. The Kier molecular flexibility index (Phi) is 3.57. The van der Waals surface area contributed by atoms with Gasteiger partial charge in [0.05, 0.1) is 12.2 Å². The molecule has 98 valence electrons. The van der Waals surface area contributed by atoms with Crippen LogP contribution in [0.4, 0.5) is 5.69 Å². The van der Waals surface area contributed by atoms with Crippen LogP contribution in [0.1, 0.15) is 29.8 Å². The number of morpholine rings is 1. The van der Waals surface area contributed by atoms with Crippen LogP contribution in [0.5, 0.6) is 0 Å².